The molecule has 0 bridgehead atoms. The maximum absolute atomic E-state index is 12.6. The summed E-state index contributed by atoms with van der Waals surface area (Å²) in [6.45, 7) is 5.85. The van der Waals surface area contributed by atoms with E-state index >= 15 is 0 Å². The van der Waals surface area contributed by atoms with Gasteiger partial charge in [-0.15, -0.1) is 0 Å². The number of nitrogens with one attached hydrogen (secondary N) is 2. The predicted octanol–water partition coefficient (Wildman–Crippen LogP) is 4.07. The highest BCUT2D eigenvalue weighted by molar-refractivity contribution is 5.95. The van der Waals surface area contributed by atoms with Crippen LogP contribution < -0.4 is 15.4 Å². The molecule has 0 aliphatic heterocycles. The smallest absolute Gasteiger partial charge is 0.412 e. The van der Waals surface area contributed by atoms with Gasteiger partial charge in [0.1, 0.15) is 11.4 Å². The third-order valence-electron chi connectivity index (χ3n) is 4.37. The maximum atomic E-state index is 12.6. The van der Waals surface area contributed by atoms with Crippen LogP contribution in [0.2, 0.25) is 0 Å². The first-order chi connectivity index (χ1) is 14.1. The molecule has 2 amide bonds. The van der Waals surface area contributed by atoms with Crippen LogP contribution in [0.25, 0.3) is 0 Å². The first-order valence-electron chi connectivity index (χ1n) is 9.77. The van der Waals surface area contributed by atoms with Crippen molar-refractivity contribution in [1.29, 1.82) is 0 Å². The van der Waals surface area contributed by atoms with Gasteiger partial charge in [-0.25, -0.2) is 4.79 Å². The second kappa shape index (κ2) is 10.1. The van der Waals surface area contributed by atoms with Crippen molar-refractivity contribution >= 4 is 17.7 Å². The number of nitrogens with zero attached hydrogens (tertiary/aromatic N) is 1. The van der Waals surface area contributed by atoms with Gasteiger partial charge < -0.3 is 19.7 Å². The SMILES string of the molecule is COc1ccc(C(CNC(=O)c2ccc(NC(=O)OC(C)(C)C)cc2)N(C)C)cc1. The average molecular weight is 414 g/mol. The molecule has 0 aliphatic carbocycles. The number of hydrogen-bond donors (Lipinski definition) is 2. The van der Waals surface area contributed by atoms with E-state index in [0.717, 1.165) is 11.3 Å². The van der Waals surface area contributed by atoms with E-state index < -0.39 is 11.7 Å². The molecule has 2 N–H and O–H groups in total. The number of ether oxygens (including phenoxy) is 2. The molecular formula is C23H31N3O4. The maximum Gasteiger partial charge on any atom is 0.412 e. The number of rotatable bonds is 7. The molecular weight excluding hydrogens is 382 g/mol. The van der Waals surface area contributed by atoms with Crippen LogP contribution in [0.4, 0.5) is 10.5 Å². The van der Waals surface area contributed by atoms with E-state index in [1.54, 1.807) is 52.1 Å². The molecule has 0 saturated heterocycles. The fraction of sp³-hybridized carbons (Fsp3) is 0.391. The summed E-state index contributed by atoms with van der Waals surface area (Å²) in [6.07, 6.45) is -0.534. The van der Waals surface area contributed by atoms with E-state index in [2.05, 4.69) is 15.5 Å². The number of carbonyl (C=O) groups excluding carboxylic acids is 2. The predicted molar refractivity (Wildman–Crippen MR) is 118 cm³/mol. The standard InChI is InChI=1S/C23H31N3O4/c1-23(2,3)30-22(28)25-18-11-7-17(8-12-18)21(27)24-15-20(26(4)5)16-9-13-19(29-6)14-10-16/h7-14,20H,15H2,1-6H3,(H,24,27)(H,25,28). The Morgan fingerprint density at radius 1 is 1.00 bits per heavy atom. The Hall–Kier alpha value is -3.06. The fourth-order valence-electron chi connectivity index (χ4n) is 2.84. The van der Waals surface area contributed by atoms with Crippen LogP contribution in [-0.2, 0) is 4.74 Å². The number of amides is 2. The highest BCUT2D eigenvalue weighted by atomic mass is 16.6. The first kappa shape index (κ1) is 23.2. The van der Waals surface area contributed by atoms with Crippen LogP contribution in [0.3, 0.4) is 0 Å². The summed E-state index contributed by atoms with van der Waals surface area (Å²) in [5, 5.41) is 5.63. The van der Waals surface area contributed by atoms with Crippen molar-refractivity contribution in [2.75, 3.05) is 33.1 Å². The molecule has 2 aromatic carbocycles. The van der Waals surface area contributed by atoms with Gasteiger partial charge in [-0.2, -0.15) is 0 Å². The van der Waals surface area contributed by atoms with Crippen LogP contribution in [-0.4, -0.2) is 50.3 Å². The Morgan fingerprint density at radius 2 is 1.60 bits per heavy atom. The molecule has 1 unspecified atom stereocenters. The Kier molecular flexibility index (Phi) is 7.83. The summed E-state index contributed by atoms with van der Waals surface area (Å²) in [6, 6.07) is 14.5. The molecule has 0 saturated carbocycles. The van der Waals surface area contributed by atoms with Crippen molar-refractivity contribution in [1.82, 2.24) is 10.2 Å². The lowest BCUT2D eigenvalue weighted by Gasteiger charge is -2.25. The molecule has 1 atom stereocenters. The summed E-state index contributed by atoms with van der Waals surface area (Å²) in [7, 11) is 5.57. The minimum atomic E-state index is -0.573. The van der Waals surface area contributed by atoms with E-state index in [1.165, 1.54) is 0 Å². The summed E-state index contributed by atoms with van der Waals surface area (Å²) in [5.41, 5.74) is 1.58. The van der Waals surface area contributed by atoms with Crippen molar-refractivity contribution < 1.29 is 19.1 Å². The molecule has 0 spiro atoms. The Balaban J connectivity index is 1.96. The fourth-order valence-corrected chi connectivity index (χ4v) is 2.84. The van der Waals surface area contributed by atoms with Gasteiger partial charge in [-0.05, 0) is 76.8 Å². The Labute approximate surface area is 178 Å². The van der Waals surface area contributed by atoms with Crippen molar-refractivity contribution in [3.8, 4) is 5.75 Å². The summed E-state index contributed by atoms with van der Waals surface area (Å²) in [5.74, 6) is 0.611. The zero-order chi connectivity index (χ0) is 22.3. The summed E-state index contributed by atoms with van der Waals surface area (Å²) >= 11 is 0. The average Bonchev–Trinajstić information content (AvgIpc) is 2.67. The van der Waals surface area contributed by atoms with Crippen LogP contribution in [0.5, 0.6) is 5.75 Å². The topological polar surface area (TPSA) is 79.9 Å². The lowest BCUT2D eigenvalue weighted by atomic mass is 10.1. The number of hydrogen-bond acceptors (Lipinski definition) is 5. The molecule has 162 valence electrons. The lowest BCUT2D eigenvalue weighted by molar-refractivity contribution is 0.0635. The van der Waals surface area contributed by atoms with Crippen molar-refractivity contribution in [2.24, 2.45) is 0 Å². The number of carbonyl (C=O) groups is 2. The highest BCUT2D eigenvalue weighted by Gasteiger charge is 2.18. The quantitative estimate of drug-likeness (QED) is 0.715. The van der Waals surface area contributed by atoms with Crippen LogP contribution >= 0.6 is 0 Å². The molecule has 0 heterocycles. The van der Waals surface area contributed by atoms with E-state index in [0.29, 0.717) is 17.8 Å². The monoisotopic (exact) mass is 413 g/mol. The molecule has 0 aromatic heterocycles. The van der Waals surface area contributed by atoms with E-state index in [1.807, 2.05) is 38.4 Å². The zero-order valence-electron chi connectivity index (χ0n) is 18.5. The lowest BCUT2D eigenvalue weighted by Crippen LogP contribution is -2.34. The number of likely N-dealkylation sites (N-methyl/N-ethyl adjacent to an activating group) is 1. The van der Waals surface area contributed by atoms with Gasteiger partial charge in [0.25, 0.3) is 5.91 Å². The molecule has 7 nitrogen and oxygen atoms in total. The van der Waals surface area contributed by atoms with Gasteiger partial charge in [0.05, 0.1) is 13.2 Å². The molecule has 2 rings (SSSR count). The van der Waals surface area contributed by atoms with Gasteiger partial charge in [0, 0.05) is 17.8 Å². The molecule has 30 heavy (non-hydrogen) atoms. The molecule has 0 fully saturated rings. The summed E-state index contributed by atoms with van der Waals surface area (Å²) < 4.78 is 10.4. The first-order valence-corrected chi connectivity index (χ1v) is 9.77. The van der Waals surface area contributed by atoms with E-state index in [9.17, 15) is 9.59 Å². The van der Waals surface area contributed by atoms with Crippen molar-refractivity contribution in [3.05, 3.63) is 59.7 Å². The minimum absolute atomic E-state index is 0.0213. The number of anilines is 1. The van der Waals surface area contributed by atoms with Crippen molar-refractivity contribution in [3.63, 3.8) is 0 Å². The summed E-state index contributed by atoms with van der Waals surface area (Å²) in [4.78, 5) is 26.5. The van der Waals surface area contributed by atoms with Crippen LogP contribution in [0, 0.1) is 0 Å². The van der Waals surface area contributed by atoms with Gasteiger partial charge in [-0.3, -0.25) is 10.1 Å². The van der Waals surface area contributed by atoms with Gasteiger partial charge in [0.2, 0.25) is 0 Å². The molecule has 7 heteroatoms. The van der Waals surface area contributed by atoms with E-state index in [-0.39, 0.29) is 11.9 Å². The largest absolute Gasteiger partial charge is 0.497 e. The number of methoxy groups -OCH3 is 1. The molecule has 0 radical (unpaired) electrons. The Morgan fingerprint density at radius 3 is 2.10 bits per heavy atom. The Bertz CT molecular complexity index is 840. The third-order valence-corrected chi connectivity index (χ3v) is 4.37. The zero-order valence-corrected chi connectivity index (χ0v) is 18.5. The molecule has 2 aromatic rings. The van der Waals surface area contributed by atoms with Gasteiger partial charge >= 0.3 is 6.09 Å². The van der Waals surface area contributed by atoms with Crippen molar-refractivity contribution in [2.45, 2.75) is 32.4 Å². The third kappa shape index (κ3) is 7.08. The van der Waals surface area contributed by atoms with Crippen LogP contribution in [0.15, 0.2) is 48.5 Å². The molecule has 0 aliphatic rings. The highest BCUT2D eigenvalue weighted by Crippen LogP contribution is 2.21. The second-order valence-electron chi connectivity index (χ2n) is 8.17. The minimum Gasteiger partial charge on any atom is -0.497 e. The normalized spacial score (nSPS) is 12.2. The van der Waals surface area contributed by atoms with Gasteiger partial charge in [-0.1, -0.05) is 12.1 Å². The number of benzene rings is 2. The van der Waals surface area contributed by atoms with Gasteiger partial charge in [0.15, 0.2) is 0 Å². The van der Waals surface area contributed by atoms with E-state index in [4.69, 9.17) is 9.47 Å². The van der Waals surface area contributed by atoms with Crippen LogP contribution in [0.1, 0.15) is 42.7 Å². The second-order valence-corrected chi connectivity index (χ2v) is 8.17.